The molecule has 0 aliphatic rings. The topological polar surface area (TPSA) is 0 Å². The molecular weight excluding hydrogens is 195 g/mol. The monoisotopic (exact) mass is 202 g/mol. The van der Waals surface area contributed by atoms with Crippen molar-refractivity contribution in [2.24, 2.45) is 0 Å². The summed E-state index contributed by atoms with van der Waals surface area (Å²) in [6, 6.07) is 5.65. The second kappa shape index (κ2) is 3.15. The Kier molecular flexibility index (Phi) is 2.44. The highest BCUT2D eigenvalue weighted by Gasteiger charge is 1.97. The molecule has 54 valence electrons. The van der Waals surface area contributed by atoms with Gasteiger partial charge in [0.25, 0.3) is 0 Å². The van der Waals surface area contributed by atoms with Crippen molar-refractivity contribution in [2.45, 2.75) is 13.6 Å². The smallest absolute Gasteiger partial charge is 0.116 e. The summed E-state index contributed by atoms with van der Waals surface area (Å²) in [5, 5.41) is 0. The van der Waals surface area contributed by atoms with Crippen LogP contribution >= 0.6 is 15.9 Å². The molecule has 2 heteroatoms. The predicted molar refractivity (Wildman–Crippen MR) is 43.7 cm³/mol. The van der Waals surface area contributed by atoms with E-state index in [1.165, 1.54) is 0 Å². The van der Waals surface area contributed by atoms with Gasteiger partial charge in [-0.15, -0.1) is 0 Å². The lowest BCUT2D eigenvalue weighted by Crippen LogP contribution is -1.81. The van der Waals surface area contributed by atoms with Crippen LogP contribution < -0.4 is 0 Å². The molecular formula is C8H8BrF. The molecule has 0 aliphatic carbocycles. The molecule has 0 aliphatic heterocycles. The van der Waals surface area contributed by atoms with Crippen molar-refractivity contribution in [3.63, 3.8) is 0 Å². The summed E-state index contributed by atoms with van der Waals surface area (Å²) in [5.74, 6) is 0. The zero-order chi connectivity index (χ0) is 7.56. The Balaban J connectivity index is 3.09. The van der Waals surface area contributed by atoms with Crippen molar-refractivity contribution < 1.29 is 4.39 Å². The minimum atomic E-state index is -0.401. The normalized spacial score (nSPS) is 9.90. The van der Waals surface area contributed by atoms with Gasteiger partial charge in [-0.2, -0.15) is 0 Å². The van der Waals surface area contributed by atoms with Crippen molar-refractivity contribution in [1.29, 1.82) is 0 Å². The lowest BCUT2D eigenvalue weighted by atomic mass is 10.2. The Morgan fingerprint density at radius 2 is 2.20 bits per heavy atom. The highest BCUT2D eigenvalue weighted by molar-refractivity contribution is 9.10. The maximum Gasteiger partial charge on any atom is 0.116 e. The summed E-state index contributed by atoms with van der Waals surface area (Å²) in [6.45, 7) is 1.55. The van der Waals surface area contributed by atoms with Crippen LogP contribution in [-0.2, 0) is 6.67 Å². The largest absolute Gasteiger partial charge is 0.246 e. The summed E-state index contributed by atoms with van der Waals surface area (Å²) < 4.78 is 13.0. The molecule has 1 aromatic rings. The lowest BCUT2D eigenvalue weighted by molar-refractivity contribution is 0.484. The van der Waals surface area contributed by atoms with E-state index in [2.05, 4.69) is 15.9 Å². The summed E-state index contributed by atoms with van der Waals surface area (Å²) in [7, 11) is 0. The van der Waals surface area contributed by atoms with E-state index in [1.54, 1.807) is 0 Å². The second-order valence-electron chi connectivity index (χ2n) is 2.23. The van der Waals surface area contributed by atoms with Gasteiger partial charge in [0.2, 0.25) is 0 Å². The molecule has 0 fully saturated rings. The minimum absolute atomic E-state index is 0.401. The molecule has 0 aromatic heterocycles. The fourth-order valence-electron chi connectivity index (χ4n) is 0.806. The van der Waals surface area contributed by atoms with Gasteiger partial charge >= 0.3 is 0 Å². The lowest BCUT2D eigenvalue weighted by Gasteiger charge is -1.99. The molecule has 0 saturated heterocycles. The third kappa shape index (κ3) is 1.57. The summed E-state index contributed by atoms with van der Waals surface area (Å²) in [4.78, 5) is 0. The molecule has 0 heterocycles. The van der Waals surface area contributed by atoms with Crippen LogP contribution in [0.5, 0.6) is 0 Å². The maximum absolute atomic E-state index is 12.1. The van der Waals surface area contributed by atoms with Gasteiger partial charge < -0.3 is 0 Å². The molecule has 0 radical (unpaired) electrons. The van der Waals surface area contributed by atoms with E-state index in [9.17, 15) is 4.39 Å². The van der Waals surface area contributed by atoms with Gasteiger partial charge in [-0.1, -0.05) is 33.6 Å². The van der Waals surface area contributed by atoms with Crippen molar-refractivity contribution in [3.05, 3.63) is 33.8 Å². The SMILES string of the molecule is Cc1ccc(Br)c(CF)c1. The van der Waals surface area contributed by atoms with Gasteiger partial charge in [0.05, 0.1) is 0 Å². The first-order valence-corrected chi connectivity index (χ1v) is 3.84. The number of hydrogen-bond donors (Lipinski definition) is 0. The molecule has 0 nitrogen and oxygen atoms in total. The molecule has 10 heavy (non-hydrogen) atoms. The van der Waals surface area contributed by atoms with Crippen molar-refractivity contribution in [1.82, 2.24) is 0 Å². The number of aryl methyl sites for hydroxylation is 1. The number of halogens is 2. The molecule has 0 saturated carbocycles. The third-order valence-corrected chi connectivity index (χ3v) is 2.12. The van der Waals surface area contributed by atoms with Crippen LogP contribution in [0.15, 0.2) is 22.7 Å². The average molecular weight is 203 g/mol. The van der Waals surface area contributed by atoms with E-state index in [0.717, 1.165) is 15.6 Å². The van der Waals surface area contributed by atoms with Crippen molar-refractivity contribution >= 4 is 15.9 Å². The van der Waals surface area contributed by atoms with Crippen LogP contribution in [0.3, 0.4) is 0 Å². The minimum Gasteiger partial charge on any atom is -0.246 e. The van der Waals surface area contributed by atoms with E-state index in [-0.39, 0.29) is 0 Å². The maximum atomic E-state index is 12.1. The quantitative estimate of drug-likeness (QED) is 0.657. The Hall–Kier alpha value is -0.370. The van der Waals surface area contributed by atoms with E-state index < -0.39 is 6.67 Å². The molecule has 1 rings (SSSR count). The Labute approximate surface area is 68.2 Å². The molecule has 0 atom stereocenters. The van der Waals surface area contributed by atoms with Crippen LogP contribution in [-0.4, -0.2) is 0 Å². The Bertz CT molecular complexity index is 233. The van der Waals surface area contributed by atoms with Crippen molar-refractivity contribution in [2.75, 3.05) is 0 Å². The first kappa shape index (κ1) is 7.73. The van der Waals surface area contributed by atoms with Gasteiger partial charge in [-0.25, -0.2) is 4.39 Å². The van der Waals surface area contributed by atoms with Crippen LogP contribution in [0.1, 0.15) is 11.1 Å². The van der Waals surface area contributed by atoms with Gasteiger partial charge in [0.1, 0.15) is 6.67 Å². The third-order valence-electron chi connectivity index (χ3n) is 1.35. The molecule has 0 spiro atoms. The van der Waals surface area contributed by atoms with Crippen LogP contribution in [0.2, 0.25) is 0 Å². The zero-order valence-corrected chi connectivity index (χ0v) is 7.28. The van der Waals surface area contributed by atoms with E-state index in [4.69, 9.17) is 0 Å². The van der Waals surface area contributed by atoms with Crippen LogP contribution in [0.4, 0.5) is 4.39 Å². The highest BCUT2D eigenvalue weighted by Crippen LogP contribution is 2.18. The number of rotatable bonds is 1. The van der Waals surface area contributed by atoms with Gasteiger partial charge in [0.15, 0.2) is 0 Å². The second-order valence-corrected chi connectivity index (χ2v) is 3.08. The highest BCUT2D eigenvalue weighted by atomic mass is 79.9. The summed E-state index contributed by atoms with van der Waals surface area (Å²) in [5.41, 5.74) is 1.82. The molecule has 0 unspecified atom stereocenters. The van der Waals surface area contributed by atoms with E-state index in [1.807, 2.05) is 25.1 Å². The molecule has 0 N–H and O–H groups in total. The van der Waals surface area contributed by atoms with Crippen LogP contribution in [0, 0.1) is 6.92 Å². The first-order valence-electron chi connectivity index (χ1n) is 3.05. The van der Waals surface area contributed by atoms with Crippen molar-refractivity contribution in [3.8, 4) is 0 Å². The summed E-state index contributed by atoms with van der Waals surface area (Å²) >= 11 is 3.25. The number of alkyl halides is 1. The Morgan fingerprint density at radius 3 is 2.70 bits per heavy atom. The Morgan fingerprint density at radius 1 is 1.50 bits per heavy atom. The van der Waals surface area contributed by atoms with Gasteiger partial charge in [-0.05, 0) is 18.6 Å². The predicted octanol–water partition coefficient (Wildman–Crippen LogP) is 3.23. The fraction of sp³-hybridized carbons (Fsp3) is 0.250. The molecule has 0 amide bonds. The van der Waals surface area contributed by atoms with E-state index in [0.29, 0.717) is 0 Å². The number of hydrogen-bond acceptors (Lipinski definition) is 0. The standard InChI is InChI=1S/C8H8BrF/c1-6-2-3-8(9)7(4-6)5-10/h2-4H,5H2,1H3. The molecule has 0 bridgehead atoms. The fourth-order valence-corrected chi connectivity index (χ4v) is 1.16. The zero-order valence-electron chi connectivity index (χ0n) is 5.70. The van der Waals surface area contributed by atoms with Gasteiger partial charge in [-0.3, -0.25) is 0 Å². The first-order chi connectivity index (χ1) is 4.74. The van der Waals surface area contributed by atoms with Crippen LogP contribution in [0.25, 0.3) is 0 Å². The number of benzene rings is 1. The average Bonchev–Trinajstić information content (AvgIpc) is 1.94. The van der Waals surface area contributed by atoms with E-state index >= 15 is 0 Å². The molecule has 1 aromatic carbocycles. The summed E-state index contributed by atoms with van der Waals surface area (Å²) in [6.07, 6.45) is 0. The van der Waals surface area contributed by atoms with Gasteiger partial charge in [0, 0.05) is 4.47 Å².